The van der Waals surface area contributed by atoms with Crippen molar-refractivity contribution in [2.45, 2.75) is 52.6 Å². The van der Waals surface area contributed by atoms with Crippen LogP contribution in [-0.2, 0) is 17.9 Å². The Morgan fingerprint density at radius 3 is 2.57 bits per heavy atom. The Morgan fingerprint density at radius 1 is 1.18 bits per heavy atom. The smallest absolute Gasteiger partial charge is 0.241 e. The molecule has 1 aliphatic rings. The zero-order valence-electron chi connectivity index (χ0n) is 16.6. The summed E-state index contributed by atoms with van der Waals surface area (Å²) >= 11 is 0. The van der Waals surface area contributed by atoms with E-state index in [2.05, 4.69) is 20.5 Å². The Hall–Kier alpha value is -2.96. The van der Waals surface area contributed by atoms with E-state index in [1.54, 1.807) is 4.68 Å². The minimum Gasteiger partial charge on any atom is -0.353 e. The van der Waals surface area contributed by atoms with Crippen LogP contribution in [-0.4, -0.2) is 37.0 Å². The maximum atomic E-state index is 12.3. The summed E-state index contributed by atoms with van der Waals surface area (Å²) in [5, 5.41) is 12.0. The summed E-state index contributed by atoms with van der Waals surface area (Å²) in [5.41, 5.74) is 6.75. The van der Waals surface area contributed by atoms with Crippen LogP contribution in [0.2, 0.25) is 0 Å². The van der Waals surface area contributed by atoms with Crippen LogP contribution >= 0.6 is 0 Å². The fraction of sp³-hybridized carbons (Fsp3) is 0.429. The first-order chi connectivity index (χ1) is 13.5. The Kier molecular flexibility index (Phi) is 4.98. The number of hydrogen-bond donors (Lipinski definition) is 1. The molecule has 0 aliphatic heterocycles. The molecular weight excluding hydrogens is 352 g/mol. The van der Waals surface area contributed by atoms with E-state index in [1.807, 2.05) is 56.2 Å². The molecule has 0 bridgehead atoms. The third kappa shape index (κ3) is 3.69. The van der Waals surface area contributed by atoms with Crippen LogP contribution in [0, 0.1) is 20.8 Å². The van der Waals surface area contributed by atoms with Crippen LogP contribution in [0.3, 0.4) is 0 Å². The van der Waals surface area contributed by atoms with Gasteiger partial charge in [-0.25, -0.2) is 0 Å². The number of amides is 1. The molecule has 0 radical (unpaired) electrons. The molecule has 0 spiro atoms. The van der Waals surface area contributed by atoms with Gasteiger partial charge in [0.1, 0.15) is 6.54 Å². The van der Waals surface area contributed by atoms with E-state index >= 15 is 0 Å². The van der Waals surface area contributed by atoms with Gasteiger partial charge in [-0.1, -0.05) is 0 Å². The van der Waals surface area contributed by atoms with E-state index in [9.17, 15) is 4.79 Å². The molecule has 0 aromatic carbocycles. The number of rotatable bonds is 7. The molecule has 0 atom stereocenters. The highest BCUT2D eigenvalue weighted by Gasteiger charge is 2.30. The monoisotopic (exact) mass is 378 g/mol. The van der Waals surface area contributed by atoms with Crippen molar-refractivity contribution >= 4 is 5.91 Å². The van der Waals surface area contributed by atoms with Crippen molar-refractivity contribution in [3.63, 3.8) is 0 Å². The van der Waals surface area contributed by atoms with E-state index in [0.717, 1.165) is 22.5 Å². The molecule has 7 nitrogen and oxygen atoms in total. The number of pyridine rings is 1. The maximum Gasteiger partial charge on any atom is 0.241 e. The Morgan fingerprint density at radius 2 is 1.93 bits per heavy atom. The summed E-state index contributed by atoms with van der Waals surface area (Å²) in [6.45, 7) is 7.46. The molecule has 146 valence electrons. The van der Waals surface area contributed by atoms with Gasteiger partial charge in [0.15, 0.2) is 0 Å². The first-order valence-electron chi connectivity index (χ1n) is 9.78. The number of nitrogens with zero attached hydrogens (tertiary/aromatic N) is 5. The fourth-order valence-electron chi connectivity index (χ4n) is 3.55. The Labute approximate surface area is 164 Å². The Bertz CT molecular complexity index is 984. The van der Waals surface area contributed by atoms with Gasteiger partial charge in [0.25, 0.3) is 0 Å². The van der Waals surface area contributed by atoms with E-state index in [4.69, 9.17) is 0 Å². The minimum atomic E-state index is -0.0277. The number of carbonyl (C=O) groups is 1. The predicted octanol–water partition coefficient (Wildman–Crippen LogP) is 2.76. The largest absolute Gasteiger partial charge is 0.353 e. The molecule has 4 rings (SSSR count). The maximum absolute atomic E-state index is 12.3. The predicted molar refractivity (Wildman–Crippen MR) is 107 cm³/mol. The van der Waals surface area contributed by atoms with Gasteiger partial charge >= 0.3 is 0 Å². The minimum absolute atomic E-state index is 0.0277. The third-order valence-electron chi connectivity index (χ3n) is 5.52. The van der Waals surface area contributed by atoms with Crippen LogP contribution in [0.1, 0.15) is 41.4 Å². The van der Waals surface area contributed by atoms with Crippen LogP contribution in [0.15, 0.2) is 30.7 Å². The number of aromatic nitrogens is 5. The molecule has 0 saturated heterocycles. The highest BCUT2D eigenvalue weighted by Crippen LogP contribution is 2.44. The number of carbonyl (C=O) groups excluding carboxylic acids is 1. The summed E-state index contributed by atoms with van der Waals surface area (Å²) in [6.07, 6.45) is 7.96. The molecule has 1 N–H and O–H groups in total. The second kappa shape index (κ2) is 7.58. The molecule has 3 aromatic rings. The zero-order valence-corrected chi connectivity index (χ0v) is 16.6. The fourth-order valence-corrected chi connectivity index (χ4v) is 3.55. The van der Waals surface area contributed by atoms with Crippen molar-refractivity contribution < 1.29 is 4.79 Å². The summed E-state index contributed by atoms with van der Waals surface area (Å²) in [6, 6.07) is 4.04. The van der Waals surface area contributed by atoms with Gasteiger partial charge in [-0.3, -0.25) is 19.1 Å². The van der Waals surface area contributed by atoms with Crippen LogP contribution < -0.4 is 5.32 Å². The highest BCUT2D eigenvalue weighted by molar-refractivity contribution is 5.75. The second-order valence-electron chi connectivity index (χ2n) is 7.48. The summed E-state index contributed by atoms with van der Waals surface area (Å²) < 4.78 is 3.81. The van der Waals surface area contributed by atoms with Crippen molar-refractivity contribution in [3.8, 4) is 11.1 Å². The first kappa shape index (κ1) is 18.4. The molecule has 1 saturated carbocycles. The van der Waals surface area contributed by atoms with Gasteiger partial charge in [0, 0.05) is 41.8 Å². The molecule has 1 amide bonds. The van der Waals surface area contributed by atoms with Crippen molar-refractivity contribution in [1.82, 2.24) is 29.9 Å². The highest BCUT2D eigenvalue weighted by atomic mass is 16.2. The lowest BCUT2D eigenvalue weighted by Gasteiger charge is -2.11. The first-order valence-corrected chi connectivity index (χ1v) is 9.78. The van der Waals surface area contributed by atoms with Crippen molar-refractivity contribution in [3.05, 3.63) is 53.4 Å². The van der Waals surface area contributed by atoms with E-state index in [1.165, 1.54) is 24.1 Å². The lowest BCUT2D eigenvalue weighted by Crippen LogP contribution is -2.31. The lowest BCUT2D eigenvalue weighted by molar-refractivity contribution is -0.121. The van der Waals surface area contributed by atoms with Gasteiger partial charge in [0.2, 0.25) is 5.91 Å². The molecule has 1 fully saturated rings. The van der Waals surface area contributed by atoms with E-state index < -0.39 is 0 Å². The molecule has 28 heavy (non-hydrogen) atoms. The number of aryl methyl sites for hydroxylation is 1. The number of nitrogens with one attached hydrogen (secondary N) is 1. The van der Waals surface area contributed by atoms with E-state index in [-0.39, 0.29) is 12.5 Å². The summed E-state index contributed by atoms with van der Waals surface area (Å²) in [5.74, 6) is 0.541. The SMILES string of the molecule is Cc1nn(CC(=O)NCCn2ncc(-c3ccncc3)c2C2CC2)c(C)c1C. The van der Waals surface area contributed by atoms with Gasteiger partial charge < -0.3 is 5.32 Å². The molecule has 1 aliphatic carbocycles. The van der Waals surface area contributed by atoms with Crippen molar-refractivity contribution in [2.75, 3.05) is 6.54 Å². The molecule has 7 heteroatoms. The molecule has 3 aromatic heterocycles. The van der Waals surface area contributed by atoms with Gasteiger partial charge in [-0.05, 0) is 56.9 Å². The molecular formula is C21H26N6O. The lowest BCUT2D eigenvalue weighted by atomic mass is 10.1. The van der Waals surface area contributed by atoms with Crippen LogP contribution in [0.25, 0.3) is 11.1 Å². The topological polar surface area (TPSA) is 77.6 Å². The van der Waals surface area contributed by atoms with Gasteiger partial charge in [-0.2, -0.15) is 10.2 Å². The molecule has 3 heterocycles. The van der Waals surface area contributed by atoms with Gasteiger partial charge in [0.05, 0.1) is 18.4 Å². The Balaban J connectivity index is 1.39. The average Bonchev–Trinajstić information content (AvgIpc) is 3.41. The normalized spacial score (nSPS) is 13.7. The number of hydrogen-bond acceptors (Lipinski definition) is 4. The van der Waals surface area contributed by atoms with Crippen LogP contribution in [0.5, 0.6) is 0 Å². The van der Waals surface area contributed by atoms with Gasteiger partial charge in [-0.15, -0.1) is 0 Å². The van der Waals surface area contributed by atoms with Crippen molar-refractivity contribution in [1.29, 1.82) is 0 Å². The van der Waals surface area contributed by atoms with Crippen molar-refractivity contribution in [2.24, 2.45) is 0 Å². The second-order valence-corrected chi connectivity index (χ2v) is 7.48. The quantitative estimate of drug-likeness (QED) is 0.686. The zero-order chi connectivity index (χ0) is 19.7. The van der Waals surface area contributed by atoms with Crippen LogP contribution in [0.4, 0.5) is 0 Å². The summed E-state index contributed by atoms with van der Waals surface area (Å²) in [7, 11) is 0. The third-order valence-corrected chi connectivity index (χ3v) is 5.52. The summed E-state index contributed by atoms with van der Waals surface area (Å²) in [4.78, 5) is 16.4. The molecule has 0 unspecified atom stereocenters. The van der Waals surface area contributed by atoms with E-state index in [0.29, 0.717) is 19.0 Å². The standard InChI is InChI=1S/C21H26N6O/c1-14-15(2)25-27(16(14)3)13-20(28)23-10-11-26-21(18-4-5-18)19(12-24-26)17-6-8-22-9-7-17/h6-9,12,18H,4-5,10-11,13H2,1-3H3,(H,23,28). The average molecular weight is 378 g/mol.